The molecule has 19 heavy (non-hydrogen) atoms. The van der Waals surface area contributed by atoms with Crippen molar-refractivity contribution < 1.29 is 14.6 Å². The molecule has 3 heteroatoms. The molecule has 0 aromatic heterocycles. The van der Waals surface area contributed by atoms with E-state index >= 15 is 0 Å². The molecule has 2 aliphatic carbocycles. The second kappa shape index (κ2) is 6.55. The normalized spacial score (nSPS) is 34.9. The Morgan fingerprint density at radius 3 is 2.37 bits per heavy atom. The maximum Gasteiger partial charge on any atom is 0.157 e. The quantitative estimate of drug-likeness (QED) is 0.513. The molecule has 2 saturated carbocycles. The molecule has 0 aromatic carbocycles. The third-order valence-electron chi connectivity index (χ3n) is 4.98. The fourth-order valence-corrected chi connectivity index (χ4v) is 3.93. The molecule has 2 aliphatic rings. The molecule has 0 aliphatic heterocycles. The van der Waals surface area contributed by atoms with E-state index in [-0.39, 0.29) is 11.9 Å². The van der Waals surface area contributed by atoms with Crippen LogP contribution in [0.1, 0.15) is 71.6 Å². The summed E-state index contributed by atoms with van der Waals surface area (Å²) in [6.07, 6.45) is 9.88. The molecule has 1 atom stereocenters. The fourth-order valence-electron chi connectivity index (χ4n) is 3.93. The first kappa shape index (κ1) is 15.3. The molecule has 1 unspecified atom stereocenters. The summed E-state index contributed by atoms with van der Waals surface area (Å²) in [6, 6.07) is 0. The minimum Gasteiger partial charge on any atom is -0.390 e. The van der Waals surface area contributed by atoms with E-state index in [1.165, 1.54) is 19.3 Å². The number of rotatable bonds is 9. The van der Waals surface area contributed by atoms with Crippen molar-refractivity contribution in [3.8, 4) is 0 Å². The van der Waals surface area contributed by atoms with Gasteiger partial charge in [-0.25, -0.2) is 0 Å². The zero-order valence-corrected chi connectivity index (χ0v) is 12.6. The number of hydrogen-bond acceptors (Lipinski definition) is 3. The topological polar surface area (TPSA) is 38.7 Å². The lowest BCUT2D eigenvalue weighted by Crippen LogP contribution is -2.20. The van der Waals surface area contributed by atoms with Crippen LogP contribution in [0, 0.1) is 5.41 Å². The van der Waals surface area contributed by atoms with Crippen molar-refractivity contribution in [3.05, 3.63) is 0 Å². The van der Waals surface area contributed by atoms with Gasteiger partial charge in [-0.15, -0.1) is 0 Å². The van der Waals surface area contributed by atoms with Crippen molar-refractivity contribution in [2.75, 3.05) is 13.2 Å². The zero-order valence-electron chi connectivity index (χ0n) is 12.6. The highest BCUT2D eigenvalue weighted by molar-refractivity contribution is 5.04. The van der Waals surface area contributed by atoms with Crippen molar-refractivity contribution in [1.29, 1.82) is 0 Å². The van der Waals surface area contributed by atoms with Crippen molar-refractivity contribution in [2.24, 2.45) is 5.41 Å². The van der Waals surface area contributed by atoms with E-state index in [9.17, 15) is 5.11 Å². The highest BCUT2D eigenvalue weighted by Crippen LogP contribution is 2.58. The standard InChI is InChI=1S/C16H30O3/c1-3-6-14(18-4-2)19-12-5-7-15-8-10-16(17,13-15)11-9-15/h14,17H,3-13H2,1-2H3. The molecule has 2 bridgehead atoms. The van der Waals surface area contributed by atoms with Gasteiger partial charge in [-0.1, -0.05) is 13.3 Å². The molecule has 3 nitrogen and oxygen atoms in total. The van der Waals surface area contributed by atoms with Crippen LogP contribution in [0.25, 0.3) is 0 Å². The van der Waals surface area contributed by atoms with E-state index in [2.05, 4.69) is 6.92 Å². The van der Waals surface area contributed by atoms with Crippen molar-refractivity contribution in [1.82, 2.24) is 0 Å². The predicted octanol–water partition coefficient (Wildman–Crippen LogP) is 3.64. The third kappa shape index (κ3) is 3.93. The molecular formula is C16H30O3. The van der Waals surface area contributed by atoms with Gasteiger partial charge in [-0.3, -0.25) is 0 Å². The summed E-state index contributed by atoms with van der Waals surface area (Å²) in [5, 5.41) is 10.2. The number of hydrogen-bond donors (Lipinski definition) is 1. The summed E-state index contributed by atoms with van der Waals surface area (Å²) < 4.78 is 11.4. The number of aliphatic hydroxyl groups is 1. The summed E-state index contributed by atoms with van der Waals surface area (Å²) in [6.45, 7) is 5.70. The van der Waals surface area contributed by atoms with Crippen molar-refractivity contribution >= 4 is 0 Å². The highest BCUT2D eigenvalue weighted by atomic mass is 16.7. The molecule has 2 rings (SSSR count). The van der Waals surface area contributed by atoms with Crippen molar-refractivity contribution in [3.63, 3.8) is 0 Å². The fraction of sp³-hybridized carbons (Fsp3) is 1.00. The summed E-state index contributed by atoms with van der Waals surface area (Å²) >= 11 is 0. The lowest BCUT2D eigenvalue weighted by Gasteiger charge is -2.26. The molecule has 0 heterocycles. The van der Waals surface area contributed by atoms with Gasteiger partial charge in [-0.2, -0.15) is 0 Å². The maximum absolute atomic E-state index is 10.2. The minimum atomic E-state index is -0.309. The van der Waals surface area contributed by atoms with Gasteiger partial charge >= 0.3 is 0 Å². The second-order valence-electron chi connectivity index (χ2n) is 6.55. The number of ether oxygens (including phenoxy) is 2. The first-order valence-electron chi connectivity index (χ1n) is 8.07. The summed E-state index contributed by atoms with van der Waals surface area (Å²) in [4.78, 5) is 0. The van der Waals surface area contributed by atoms with Crippen LogP contribution < -0.4 is 0 Å². The average Bonchev–Trinajstić information content (AvgIpc) is 2.89. The van der Waals surface area contributed by atoms with Crippen LogP contribution in [0.15, 0.2) is 0 Å². The van der Waals surface area contributed by atoms with Crippen molar-refractivity contribution in [2.45, 2.75) is 83.5 Å². The Kier molecular flexibility index (Phi) is 5.27. The van der Waals surface area contributed by atoms with Gasteiger partial charge in [0.2, 0.25) is 0 Å². The zero-order chi connectivity index (χ0) is 13.8. The Hall–Kier alpha value is -0.120. The van der Waals surface area contributed by atoms with Crippen LogP contribution in [0.4, 0.5) is 0 Å². The Labute approximate surface area is 117 Å². The SMILES string of the molecule is CCCC(OCC)OCCCC12CCC(O)(CC1)C2. The van der Waals surface area contributed by atoms with Gasteiger partial charge in [0.05, 0.1) is 5.60 Å². The number of fused-ring (bicyclic) bond motifs is 2. The van der Waals surface area contributed by atoms with E-state index in [1.54, 1.807) is 0 Å². The molecular weight excluding hydrogens is 240 g/mol. The van der Waals surface area contributed by atoms with Crippen LogP contribution in [0.3, 0.4) is 0 Å². The molecule has 0 spiro atoms. The first-order valence-corrected chi connectivity index (χ1v) is 8.07. The van der Waals surface area contributed by atoms with E-state index in [0.29, 0.717) is 5.41 Å². The predicted molar refractivity (Wildman–Crippen MR) is 76.0 cm³/mol. The first-order chi connectivity index (χ1) is 9.11. The Morgan fingerprint density at radius 1 is 1.11 bits per heavy atom. The molecule has 2 fully saturated rings. The van der Waals surface area contributed by atoms with Gasteiger partial charge in [0, 0.05) is 13.2 Å². The summed E-state index contributed by atoms with van der Waals surface area (Å²) in [5.74, 6) is 0. The molecule has 0 aromatic rings. The van der Waals surface area contributed by atoms with E-state index < -0.39 is 0 Å². The van der Waals surface area contributed by atoms with Crippen LogP contribution >= 0.6 is 0 Å². The van der Waals surface area contributed by atoms with Crippen LogP contribution in [-0.2, 0) is 9.47 Å². The van der Waals surface area contributed by atoms with Gasteiger partial charge in [0.1, 0.15) is 0 Å². The van der Waals surface area contributed by atoms with E-state index in [1.807, 2.05) is 6.92 Å². The Morgan fingerprint density at radius 2 is 1.84 bits per heavy atom. The molecule has 0 saturated heterocycles. The van der Waals surface area contributed by atoms with Gasteiger partial charge in [-0.05, 0) is 63.7 Å². The van der Waals surface area contributed by atoms with Gasteiger partial charge in [0.25, 0.3) is 0 Å². The summed E-state index contributed by atoms with van der Waals surface area (Å²) in [5.41, 5.74) is 0.126. The lowest BCUT2D eigenvalue weighted by atomic mass is 9.80. The van der Waals surface area contributed by atoms with Crippen LogP contribution in [0.2, 0.25) is 0 Å². The van der Waals surface area contributed by atoms with Gasteiger partial charge < -0.3 is 14.6 Å². The molecule has 112 valence electrons. The molecule has 0 radical (unpaired) electrons. The largest absolute Gasteiger partial charge is 0.390 e. The smallest absolute Gasteiger partial charge is 0.157 e. The minimum absolute atomic E-state index is 0.0170. The van der Waals surface area contributed by atoms with Gasteiger partial charge in [0.15, 0.2) is 6.29 Å². The lowest BCUT2D eigenvalue weighted by molar-refractivity contribution is -0.144. The van der Waals surface area contributed by atoms with Crippen LogP contribution in [-0.4, -0.2) is 30.2 Å². The monoisotopic (exact) mass is 270 g/mol. The van der Waals surface area contributed by atoms with E-state index in [4.69, 9.17) is 9.47 Å². The Bertz CT molecular complexity index is 263. The molecule has 0 amide bonds. The highest BCUT2D eigenvalue weighted by Gasteiger charge is 2.52. The summed E-state index contributed by atoms with van der Waals surface area (Å²) in [7, 11) is 0. The molecule has 1 N–H and O–H groups in total. The van der Waals surface area contributed by atoms with E-state index in [0.717, 1.165) is 51.7 Å². The maximum atomic E-state index is 10.2. The second-order valence-corrected chi connectivity index (χ2v) is 6.55. The van der Waals surface area contributed by atoms with Crippen LogP contribution in [0.5, 0.6) is 0 Å². The Balaban J connectivity index is 1.64. The average molecular weight is 270 g/mol. The third-order valence-corrected chi connectivity index (χ3v) is 4.98.